The lowest BCUT2D eigenvalue weighted by molar-refractivity contribution is -0.141. The molecule has 1 aromatic heterocycles. The Hall–Kier alpha value is -7.71. The molecule has 2 aromatic carbocycles. The minimum atomic E-state index is -1.38. The molecule has 3 fully saturated rings. The number of imide groups is 2. The molecule has 2 saturated heterocycles. The van der Waals surface area contributed by atoms with Crippen LogP contribution in [0.2, 0.25) is 0 Å². The molecule has 1 aliphatic carbocycles. The van der Waals surface area contributed by atoms with E-state index in [0.717, 1.165) is 17.7 Å². The van der Waals surface area contributed by atoms with Crippen LogP contribution in [0.15, 0.2) is 60.8 Å². The number of aromatic nitrogens is 1. The van der Waals surface area contributed by atoms with E-state index in [1.54, 1.807) is 63.2 Å². The maximum atomic E-state index is 14.2. The molecule has 0 bridgehead atoms. The lowest BCUT2D eigenvalue weighted by Crippen LogP contribution is -2.54. The maximum absolute atomic E-state index is 14.2. The number of hydrogen-bond donors (Lipinski definition) is 8. The SMILES string of the molecule is CC(C)(C)OC(=O)Nc1cccn([C@@H](CC2CC2)C(=O)N[C@@H](C[C@@H]2CCNC2=O)C(=O)C(=O)NCc2cccc(C(=O)NCCCCCNc3cccc4c3C(=O)N(C3CCC(=O)NC3=O)C4=O)c2)c1=N. The monoisotopic (exact) mass is 976 g/mol. The van der Waals surface area contributed by atoms with Gasteiger partial charge in [0, 0.05) is 56.0 Å². The number of ether oxygens (including phenoxy) is 1. The second-order valence-electron chi connectivity index (χ2n) is 19.2. The molecule has 21 nitrogen and oxygen atoms in total. The predicted octanol–water partition coefficient (Wildman–Crippen LogP) is 2.97. The smallest absolute Gasteiger partial charge is 0.412 e. The fourth-order valence-electron chi connectivity index (χ4n) is 8.84. The van der Waals surface area contributed by atoms with Crippen LogP contribution in [0.3, 0.4) is 0 Å². The van der Waals surface area contributed by atoms with Crippen LogP contribution in [0.25, 0.3) is 0 Å². The number of piperidine rings is 1. The number of pyridine rings is 1. The number of amides is 9. The van der Waals surface area contributed by atoms with Crippen molar-refractivity contribution >= 4 is 70.5 Å². The van der Waals surface area contributed by atoms with Gasteiger partial charge in [-0.2, -0.15) is 0 Å². The molecular weight excluding hydrogens is 917 g/mol. The van der Waals surface area contributed by atoms with Crippen LogP contribution >= 0.6 is 0 Å². The quantitative estimate of drug-likeness (QED) is 0.0435. The molecule has 4 heterocycles. The number of unbranched alkanes of at least 4 members (excludes halogenated alkanes) is 2. The van der Waals surface area contributed by atoms with Crippen LogP contribution < -0.4 is 42.7 Å². The van der Waals surface area contributed by atoms with Crippen LogP contribution in [0, 0.1) is 17.2 Å². The Morgan fingerprint density at radius 1 is 0.831 bits per heavy atom. The summed E-state index contributed by atoms with van der Waals surface area (Å²) in [5.74, 6) is -6.00. The predicted molar refractivity (Wildman–Crippen MR) is 255 cm³/mol. The van der Waals surface area contributed by atoms with Crippen LogP contribution in [-0.2, 0) is 40.0 Å². The molecule has 7 rings (SSSR count). The van der Waals surface area contributed by atoms with Crippen molar-refractivity contribution in [2.75, 3.05) is 30.3 Å². The molecule has 376 valence electrons. The number of rotatable bonds is 21. The van der Waals surface area contributed by atoms with Gasteiger partial charge >= 0.3 is 6.09 Å². The number of carbonyl (C=O) groups is 10. The second kappa shape index (κ2) is 22.4. The van der Waals surface area contributed by atoms with Gasteiger partial charge in [-0.3, -0.25) is 64.1 Å². The zero-order valence-electron chi connectivity index (χ0n) is 39.9. The first kappa shape index (κ1) is 51.1. The first-order valence-electron chi connectivity index (χ1n) is 24.0. The molecule has 3 aromatic rings. The van der Waals surface area contributed by atoms with Crippen molar-refractivity contribution < 1.29 is 52.7 Å². The summed E-state index contributed by atoms with van der Waals surface area (Å²) in [5, 5.41) is 27.8. The van der Waals surface area contributed by atoms with E-state index in [0.29, 0.717) is 68.6 Å². The molecule has 0 radical (unpaired) electrons. The van der Waals surface area contributed by atoms with Gasteiger partial charge in [-0.1, -0.05) is 31.0 Å². The molecule has 71 heavy (non-hydrogen) atoms. The van der Waals surface area contributed by atoms with Crippen LogP contribution in [-0.4, -0.2) is 106 Å². The molecule has 8 N–H and O–H groups in total. The summed E-state index contributed by atoms with van der Waals surface area (Å²) in [7, 11) is 0. The lowest BCUT2D eigenvalue weighted by Gasteiger charge is -2.27. The summed E-state index contributed by atoms with van der Waals surface area (Å²) in [6.07, 6.45) is 5.19. The van der Waals surface area contributed by atoms with Gasteiger partial charge in [0.15, 0.2) is 0 Å². The summed E-state index contributed by atoms with van der Waals surface area (Å²) in [5.41, 5.74) is 0.805. The largest absolute Gasteiger partial charge is 0.444 e. The topological polar surface area (TPSA) is 296 Å². The average molecular weight is 977 g/mol. The number of nitrogens with one attached hydrogen (secondary N) is 8. The summed E-state index contributed by atoms with van der Waals surface area (Å²) in [4.78, 5) is 131. The Morgan fingerprint density at radius 3 is 2.30 bits per heavy atom. The molecular formula is C50H60N10O11. The number of fused-ring (bicyclic) bond motifs is 1. The zero-order valence-corrected chi connectivity index (χ0v) is 39.9. The van der Waals surface area contributed by atoms with E-state index in [1.807, 2.05) is 0 Å². The fourth-order valence-corrected chi connectivity index (χ4v) is 8.84. The Kier molecular flexibility index (Phi) is 16.1. The van der Waals surface area contributed by atoms with Crippen molar-refractivity contribution in [3.05, 3.63) is 88.5 Å². The number of ketones is 1. The van der Waals surface area contributed by atoms with E-state index in [9.17, 15) is 47.9 Å². The van der Waals surface area contributed by atoms with E-state index < -0.39 is 77.0 Å². The molecule has 4 atom stereocenters. The summed E-state index contributed by atoms with van der Waals surface area (Å²) < 4.78 is 6.75. The summed E-state index contributed by atoms with van der Waals surface area (Å²) in [6.45, 7) is 6.19. The third-order valence-corrected chi connectivity index (χ3v) is 12.7. The van der Waals surface area contributed by atoms with E-state index in [2.05, 4.69) is 37.2 Å². The van der Waals surface area contributed by atoms with Crippen molar-refractivity contribution in [2.24, 2.45) is 11.8 Å². The highest BCUT2D eigenvalue weighted by Gasteiger charge is 2.46. The minimum Gasteiger partial charge on any atom is -0.444 e. The van der Waals surface area contributed by atoms with Crippen molar-refractivity contribution in [3.8, 4) is 0 Å². The van der Waals surface area contributed by atoms with Crippen LogP contribution in [0.4, 0.5) is 16.2 Å². The normalized spacial score (nSPS) is 18.4. The summed E-state index contributed by atoms with van der Waals surface area (Å²) in [6, 6.07) is 11.0. The van der Waals surface area contributed by atoms with Crippen molar-refractivity contribution in [2.45, 2.75) is 115 Å². The third-order valence-electron chi connectivity index (χ3n) is 12.7. The van der Waals surface area contributed by atoms with Crippen molar-refractivity contribution in [1.29, 1.82) is 5.41 Å². The minimum absolute atomic E-state index is 0.0251. The lowest BCUT2D eigenvalue weighted by atomic mass is 9.94. The van der Waals surface area contributed by atoms with Gasteiger partial charge in [0.2, 0.25) is 29.4 Å². The first-order chi connectivity index (χ1) is 33.9. The number of Topliss-reactive ketones (excluding diaryl/α,β-unsaturated/α-hetero) is 1. The van der Waals surface area contributed by atoms with Gasteiger partial charge in [0.1, 0.15) is 23.2 Å². The van der Waals surface area contributed by atoms with Crippen LogP contribution in [0.5, 0.6) is 0 Å². The molecule has 0 spiro atoms. The Morgan fingerprint density at radius 2 is 1.58 bits per heavy atom. The van der Waals surface area contributed by atoms with Gasteiger partial charge in [-0.05, 0) is 114 Å². The Bertz CT molecular complexity index is 2690. The molecule has 4 aliphatic rings. The van der Waals surface area contributed by atoms with Crippen LogP contribution in [0.1, 0.15) is 128 Å². The van der Waals surface area contributed by atoms with Gasteiger partial charge < -0.3 is 35.9 Å². The molecule has 1 unspecified atom stereocenters. The second-order valence-corrected chi connectivity index (χ2v) is 19.2. The highest BCUT2D eigenvalue weighted by atomic mass is 16.6. The molecule has 1 saturated carbocycles. The van der Waals surface area contributed by atoms with E-state index in [1.165, 1.54) is 22.9 Å². The van der Waals surface area contributed by atoms with Gasteiger partial charge in [0.05, 0.1) is 22.9 Å². The molecule has 3 aliphatic heterocycles. The van der Waals surface area contributed by atoms with Gasteiger partial charge in [0.25, 0.3) is 23.6 Å². The molecule has 21 heteroatoms. The first-order valence-corrected chi connectivity index (χ1v) is 24.0. The Labute approximate surface area is 409 Å². The number of nitrogens with zero attached hydrogens (tertiary/aromatic N) is 2. The third kappa shape index (κ3) is 12.9. The van der Waals surface area contributed by atoms with E-state index in [-0.39, 0.29) is 65.8 Å². The standard InChI is InChI=1S/C50H60N10O11/c1-50(2,3)71-49(70)57-34-14-9-23-59(41(34)51)37(25-28-15-16-28)45(66)56-35(26-31-19-22-54-43(31)64)40(62)46(67)55-27-29-10-7-11-30(24-29)42(63)53-21-6-4-5-20-52-33-13-8-12-32-39(33)48(69)60(47(32)68)36-17-18-38(61)58-44(36)65/h7-14,23-24,28,31,35-37,51-52H,4-6,15-22,25-27H2,1-3H3,(H,53,63)(H,54,64)(H,55,67)(H,56,66)(H,57,70)(H,58,61,65)/t31-,35-,36?,37-/m0/s1. The number of benzene rings is 2. The number of carbonyl (C=O) groups excluding carboxylic acids is 10. The number of hydrogen-bond acceptors (Lipinski definition) is 13. The fraction of sp³-hybridized carbons (Fsp3) is 0.460. The number of anilines is 2. The zero-order chi connectivity index (χ0) is 51.0. The average Bonchev–Trinajstić information content (AvgIpc) is 4.01. The van der Waals surface area contributed by atoms with E-state index in [4.69, 9.17) is 10.1 Å². The van der Waals surface area contributed by atoms with Gasteiger partial charge in [-0.25, -0.2) is 4.79 Å². The molecule has 9 amide bonds. The highest BCUT2D eigenvalue weighted by Crippen LogP contribution is 2.37. The van der Waals surface area contributed by atoms with Gasteiger partial charge in [-0.15, -0.1) is 0 Å². The van der Waals surface area contributed by atoms with Crippen molar-refractivity contribution in [1.82, 2.24) is 36.1 Å². The maximum Gasteiger partial charge on any atom is 0.412 e. The summed E-state index contributed by atoms with van der Waals surface area (Å²) >= 11 is 0. The highest BCUT2D eigenvalue weighted by molar-refractivity contribution is 6.38. The van der Waals surface area contributed by atoms with Crippen molar-refractivity contribution in [3.63, 3.8) is 0 Å². The van der Waals surface area contributed by atoms with E-state index >= 15 is 0 Å². The Balaban J connectivity index is 0.896.